The summed E-state index contributed by atoms with van der Waals surface area (Å²) in [6, 6.07) is 33.1. The first-order chi connectivity index (χ1) is 18.4. The van der Waals surface area contributed by atoms with Crippen molar-refractivity contribution >= 4 is 55.7 Å². The Hall–Kier alpha value is -5.44. The zero-order valence-corrected chi connectivity index (χ0v) is 19.2. The largest absolute Gasteiger partial charge is 0.388 e. The van der Waals surface area contributed by atoms with E-state index in [2.05, 4.69) is 43.3 Å². The van der Waals surface area contributed by atoms with E-state index in [-0.39, 0.29) is 0 Å². The fraction of sp³-hybridized carbons (Fsp3) is 0. The van der Waals surface area contributed by atoms with Crippen LogP contribution in [0.2, 0.25) is 0 Å². The first kappa shape index (κ1) is 18.8. The molecule has 0 bridgehead atoms. The second kappa shape index (κ2) is 6.61. The summed E-state index contributed by atoms with van der Waals surface area (Å²) in [4.78, 5) is 9.81. The lowest BCUT2D eigenvalue weighted by Crippen LogP contribution is -1.96. The number of rotatable bonds is 2. The molecule has 0 fully saturated rings. The molecular formula is C28H16N8O. The van der Waals surface area contributed by atoms with Gasteiger partial charge in [-0.3, -0.25) is 8.80 Å². The van der Waals surface area contributed by atoms with Crippen LogP contribution >= 0.6 is 0 Å². The smallest absolute Gasteiger partial charge is 0.331 e. The minimum Gasteiger partial charge on any atom is -0.388 e. The third-order valence-electron chi connectivity index (χ3n) is 7.00. The Balaban J connectivity index is 1.35. The summed E-state index contributed by atoms with van der Waals surface area (Å²) in [5, 5.41) is 8.98. The van der Waals surface area contributed by atoms with Gasteiger partial charge in [0.05, 0.1) is 44.1 Å². The second-order valence-corrected chi connectivity index (χ2v) is 8.99. The highest BCUT2D eigenvalue weighted by Crippen LogP contribution is 2.31. The number of hydrogen-bond acceptors (Lipinski definition) is 5. The third kappa shape index (κ3) is 2.32. The van der Waals surface area contributed by atoms with Gasteiger partial charge in [-0.15, -0.1) is 0 Å². The monoisotopic (exact) mass is 480 g/mol. The Kier molecular flexibility index (Phi) is 3.36. The van der Waals surface area contributed by atoms with Crippen molar-refractivity contribution < 1.29 is 4.42 Å². The van der Waals surface area contributed by atoms with Crippen molar-refractivity contribution in [1.29, 1.82) is 0 Å². The molecule has 0 amide bonds. The first-order valence-electron chi connectivity index (χ1n) is 11.9. The molecule has 0 aliphatic rings. The molecule has 9 nitrogen and oxygen atoms in total. The van der Waals surface area contributed by atoms with Gasteiger partial charge in [-0.1, -0.05) is 58.7 Å². The van der Waals surface area contributed by atoms with Crippen molar-refractivity contribution in [1.82, 2.24) is 38.1 Å². The third-order valence-corrected chi connectivity index (χ3v) is 7.00. The highest BCUT2D eigenvalue weighted by molar-refractivity contribution is 5.93. The highest BCUT2D eigenvalue weighted by Gasteiger charge is 2.24. The Labute approximate surface area is 207 Å². The van der Waals surface area contributed by atoms with Gasteiger partial charge in [0.2, 0.25) is 11.6 Å². The van der Waals surface area contributed by atoms with Crippen molar-refractivity contribution in [3.8, 4) is 12.0 Å². The summed E-state index contributed by atoms with van der Waals surface area (Å²) in [5.41, 5.74) is 7.74. The van der Waals surface area contributed by atoms with E-state index < -0.39 is 0 Å². The van der Waals surface area contributed by atoms with Gasteiger partial charge >= 0.3 is 12.0 Å². The zero-order chi connectivity index (χ0) is 24.1. The molecule has 4 aromatic carbocycles. The lowest BCUT2D eigenvalue weighted by Gasteiger charge is -1.99. The van der Waals surface area contributed by atoms with Gasteiger partial charge in [0.1, 0.15) is 0 Å². The maximum absolute atomic E-state index is 6.39. The van der Waals surface area contributed by atoms with Crippen LogP contribution in [0.25, 0.3) is 67.7 Å². The number of para-hydroxylation sites is 8. The molecule has 0 saturated carbocycles. The van der Waals surface area contributed by atoms with Crippen LogP contribution in [-0.2, 0) is 0 Å². The second-order valence-electron chi connectivity index (χ2n) is 8.99. The minimum absolute atomic E-state index is 0.337. The number of benzene rings is 4. The van der Waals surface area contributed by atoms with Crippen molar-refractivity contribution in [2.45, 2.75) is 0 Å². The van der Waals surface area contributed by atoms with Crippen LogP contribution in [0.5, 0.6) is 0 Å². The molecule has 5 heterocycles. The van der Waals surface area contributed by atoms with Gasteiger partial charge in [-0.25, -0.2) is 19.1 Å². The van der Waals surface area contributed by atoms with Crippen LogP contribution in [0, 0.1) is 0 Å². The van der Waals surface area contributed by atoms with Gasteiger partial charge in [-0.05, 0) is 48.5 Å². The maximum Gasteiger partial charge on any atom is 0.331 e. The summed E-state index contributed by atoms with van der Waals surface area (Å²) < 4.78 is 14.5. The average Bonchev–Trinajstić information content (AvgIpc) is 3.73. The molecule has 0 spiro atoms. The van der Waals surface area contributed by atoms with Crippen molar-refractivity contribution in [3.05, 3.63) is 97.1 Å². The number of fused-ring (bicyclic) bond motifs is 10. The SMILES string of the molecule is c1ccc2c(c1)nc1n(-c3nnc(-n4c5ccccc5n5c6ccccc6nc45)o3)c3ccccc3n21. The fourth-order valence-corrected chi connectivity index (χ4v) is 5.47. The molecule has 9 aromatic rings. The lowest BCUT2D eigenvalue weighted by molar-refractivity contribution is 0.512. The summed E-state index contributed by atoms with van der Waals surface area (Å²) in [6.45, 7) is 0. The molecule has 9 heteroatoms. The van der Waals surface area contributed by atoms with Gasteiger partial charge in [-0.2, -0.15) is 0 Å². The van der Waals surface area contributed by atoms with Crippen LogP contribution in [-0.4, -0.2) is 38.1 Å². The van der Waals surface area contributed by atoms with Crippen LogP contribution < -0.4 is 0 Å². The number of nitrogens with zero attached hydrogens (tertiary/aromatic N) is 8. The van der Waals surface area contributed by atoms with E-state index in [1.807, 2.05) is 81.9 Å². The fourth-order valence-electron chi connectivity index (χ4n) is 5.47. The molecule has 37 heavy (non-hydrogen) atoms. The molecule has 0 radical (unpaired) electrons. The highest BCUT2D eigenvalue weighted by atomic mass is 16.4. The average molecular weight is 480 g/mol. The molecule has 0 saturated heterocycles. The van der Waals surface area contributed by atoms with Crippen molar-refractivity contribution in [2.75, 3.05) is 0 Å². The number of aromatic nitrogens is 8. The molecule has 9 rings (SSSR count). The zero-order valence-electron chi connectivity index (χ0n) is 19.2. The topological polar surface area (TPSA) is 83.4 Å². The van der Waals surface area contributed by atoms with Gasteiger partial charge in [0.25, 0.3) is 0 Å². The lowest BCUT2D eigenvalue weighted by atomic mass is 10.3. The Morgan fingerprint density at radius 3 is 1.27 bits per heavy atom. The van der Waals surface area contributed by atoms with Gasteiger partial charge < -0.3 is 4.42 Å². The van der Waals surface area contributed by atoms with Crippen LogP contribution in [0.1, 0.15) is 0 Å². The minimum atomic E-state index is 0.337. The van der Waals surface area contributed by atoms with E-state index in [1.165, 1.54) is 0 Å². The molecule has 0 aliphatic carbocycles. The Morgan fingerprint density at radius 2 is 0.811 bits per heavy atom. The number of imidazole rings is 4. The number of hydrogen-bond donors (Lipinski definition) is 0. The Morgan fingerprint density at radius 1 is 0.432 bits per heavy atom. The summed E-state index contributed by atoms with van der Waals surface area (Å²) >= 11 is 0. The molecule has 0 unspecified atom stereocenters. The van der Waals surface area contributed by atoms with Crippen LogP contribution in [0.15, 0.2) is 101 Å². The summed E-state index contributed by atoms with van der Waals surface area (Å²) in [5.74, 6) is 1.43. The van der Waals surface area contributed by atoms with E-state index in [4.69, 9.17) is 14.4 Å². The molecular weight excluding hydrogens is 464 g/mol. The predicted molar refractivity (Wildman–Crippen MR) is 140 cm³/mol. The van der Waals surface area contributed by atoms with Crippen molar-refractivity contribution in [2.24, 2.45) is 0 Å². The standard InChI is InChI=1S/C28H16N8O/c1-3-11-19-17(9-1)29-25-33(19)21-13-5-7-15-23(21)35(25)27-31-32-28(37-27)36-24-16-8-6-14-22(24)34-20-12-4-2-10-18(20)30-26(34)36/h1-16H. The van der Waals surface area contributed by atoms with E-state index in [9.17, 15) is 0 Å². The molecule has 5 aromatic heterocycles. The first-order valence-corrected chi connectivity index (χ1v) is 11.9. The molecule has 0 aliphatic heterocycles. The quantitative estimate of drug-likeness (QED) is 0.324. The normalized spacial score (nSPS) is 12.3. The van der Waals surface area contributed by atoms with Gasteiger partial charge in [0.15, 0.2) is 0 Å². The molecule has 0 atom stereocenters. The molecule has 0 N–H and O–H groups in total. The van der Waals surface area contributed by atoms with Crippen LogP contribution in [0.4, 0.5) is 0 Å². The summed E-state index contributed by atoms with van der Waals surface area (Å²) in [7, 11) is 0. The van der Waals surface area contributed by atoms with Gasteiger partial charge in [0, 0.05) is 0 Å². The maximum atomic E-state index is 6.39. The Bertz CT molecular complexity index is 2160. The van der Waals surface area contributed by atoms with Crippen molar-refractivity contribution in [3.63, 3.8) is 0 Å². The summed E-state index contributed by atoms with van der Waals surface area (Å²) in [6.07, 6.45) is 0. The van der Waals surface area contributed by atoms with E-state index in [1.54, 1.807) is 0 Å². The van der Waals surface area contributed by atoms with Crippen LogP contribution in [0.3, 0.4) is 0 Å². The van der Waals surface area contributed by atoms with E-state index >= 15 is 0 Å². The predicted octanol–water partition coefficient (Wildman–Crippen LogP) is 5.56. The molecule has 174 valence electrons. The van der Waals surface area contributed by atoms with E-state index in [0.29, 0.717) is 23.6 Å². The van der Waals surface area contributed by atoms with E-state index in [0.717, 1.165) is 44.1 Å².